The number of aromatic nitrogens is 1. The highest BCUT2D eigenvalue weighted by atomic mass is 32.2. The SMILES string of the molecule is CCOc1ccc(SCC(=O)Nc2ccncc2)cc1. The summed E-state index contributed by atoms with van der Waals surface area (Å²) in [7, 11) is 0. The van der Waals surface area contributed by atoms with Gasteiger partial charge in [-0.2, -0.15) is 0 Å². The lowest BCUT2D eigenvalue weighted by Gasteiger charge is -2.06. The Balaban J connectivity index is 1.81. The summed E-state index contributed by atoms with van der Waals surface area (Å²) in [6.45, 7) is 2.60. The number of anilines is 1. The van der Waals surface area contributed by atoms with Crippen LogP contribution in [0.2, 0.25) is 0 Å². The molecule has 104 valence electrons. The first-order valence-electron chi connectivity index (χ1n) is 6.33. The topological polar surface area (TPSA) is 51.2 Å². The molecule has 0 atom stereocenters. The average Bonchev–Trinajstić information content (AvgIpc) is 2.48. The number of ether oxygens (including phenoxy) is 1. The Morgan fingerprint density at radius 1 is 1.20 bits per heavy atom. The number of hydrogen-bond acceptors (Lipinski definition) is 4. The Kier molecular flexibility index (Phi) is 5.43. The smallest absolute Gasteiger partial charge is 0.234 e. The highest BCUT2D eigenvalue weighted by molar-refractivity contribution is 8.00. The van der Waals surface area contributed by atoms with Gasteiger partial charge in [0.05, 0.1) is 12.4 Å². The summed E-state index contributed by atoms with van der Waals surface area (Å²) < 4.78 is 5.37. The fourth-order valence-corrected chi connectivity index (χ4v) is 2.28. The zero-order valence-electron chi connectivity index (χ0n) is 11.2. The van der Waals surface area contributed by atoms with Crippen LogP contribution in [-0.4, -0.2) is 23.3 Å². The summed E-state index contributed by atoms with van der Waals surface area (Å²) in [4.78, 5) is 16.7. The molecule has 20 heavy (non-hydrogen) atoms. The summed E-state index contributed by atoms with van der Waals surface area (Å²) >= 11 is 1.49. The number of amides is 1. The molecule has 1 heterocycles. The van der Waals surface area contributed by atoms with E-state index in [1.54, 1.807) is 24.5 Å². The van der Waals surface area contributed by atoms with Crippen molar-refractivity contribution in [1.82, 2.24) is 4.98 Å². The van der Waals surface area contributed by atoms with Gasteiger partial charge in [-0.15, -0.1) is 11.8 Å². The maximum atomic E-state index is 11.8. The van der Waals surface area contributed by atoms with Gasteiger partial charge in [0, 0.05) is 23.0 Å². The molecular formula is C15H16N2O2S. The van der Waals surface area contributed by atoms with E-state index in [-0.39, 0.29) is 5.91 Å². The second kappa shape index (κ2) is 7.55. The predicted octanol–water partition coefficient (Wildman–Crippen LogP) is 3.21. The van der Waals surface area contributed by atoms with Gasteiger partial charge >= 0.3 is 0 Å². The molecule has 1 aromatic heterocycles. The Labute approximate surface area is 122 Å². The molecule has 0 aliphatic carbocycles. The summed E-state index contributed by atoms with van der Waals surface area (Å²) in [6.07, 6.45) is 3.30. The van der Waals surface area contributed by atoms with Crippen LogP contribution in [0.1, 0.15) is 6.92 Å². The van der Waals surface area contributed by atoms with Crippen molar-refractivity contribution in [3.05, 3.63) is 48.8 Å². The summed E-state index contributed by atoms with van der Waals surface area (Å²) in [5, 5.41) is 2.82. The van der Waals surface area contributed by atoms with Crippen molar-refractivity contribution >= 4 is 23.4 Å². The van der Waals surface area contributed by atoms with Crippen LogP contribution in [0.25, 0.3) is 0 Å². The average molecular weight is 288 g/mol. The standard InChI is InChI=1S/C15H16N2O2S/c1-2-19-13-3-5-14(6-4-13)20-11-15(18)17-12-7-9-16-10-8-12/h3-10H,2,11H2,1H3,(H,16,17,18). The maximum Gasteiger partial charge on any atom is 0.234 e. The zero-order valence-corrected chi connectivity index (χ0v) is 12.0. The van der Waals surface area contributed by atoms with Gasteiger partial charge in [-0.05, 0) is 43.3 Å². The molecule has 0 unspecified atom stereocenters. The summed E-state index contributed by atoms with van der Waals surface area (Å²) in [6, 6.07) is 11.3. The van der Waals surface area contributed by atoms with Crippen molar-refractivity contribution in [2.75, 3.05) is 17.7 Å². The minimum atomic E-state index is -0.0323. The highest BCUT2D eigenvalue weighted by Crippen LogP contribution is 2.21. The lowest BCUT2D eigenvalue weighted by atomic mass is 10.3. The van der Waals surface area contributed by atoms with Gasteiger partial charge in [0.2, 0.25) is 5.91 Å². The van der Waals surface area contributed by atoms with E-state index in [0.29, 0.717) is 12.4 Å². The molecular weight excluding hydrogens is 272 g/mol. The predicted molar refractivity (Wildman–Crippen MR) is 81.2 cm³/mol. The third-order valence-electron chi connectivity index (χ3n) is 2.47. The van der Waals surface area contributed by atoms with Crippen LogP contribution in [-0.2, 0) is 4.79 Å². The molecule has 4 nitrogen and oxygen atoms in total. The highest BCUT2D eigenvalue weighted by Gasteiger charge is 2.03. The third kappa shape index (κ3) is 4.59. The molecule has 1 aromatic carbocycles. The first-order chi connectivity index (χ1) is 9.78. The lowest BCUT2D eigenvalue weighted by Crippen LogP contribution is -2.13. The van der Waals surface area contributed by atoms with E-state index in [2.05, 4.69) is 10.3 Å². The molecule has 2 rings (SSSR count). The maximum absolute atomic E-state index is 11.8. The molecule has 1 amide bonds. The lowest BCUT2D eigenvalue weighted by molar-refractivity contribution is -0.113. The molecule has 0 aliphatic rings. The first kappa shape index (κ1) is 14.4. The van der Waals surface area contributed by atoms with Crippen LogP contribution in [0.3, 0.4) is 0 Å². The Morgan fingerprint density at radius 2 is 1.90 bits per heavy atom. The molecule has 2 aromatic rings. The van der Waals surface area contributed by atoms with Crippen molar-refractivity contribution in [3.8, 4) is 5.75 Å². The van der Waals surface area contributed by atoms with Crippen LogP contribution >= 0.6 is 11.8 Å². The summed E-state index contributed by atoms with van der Waals surface area (Å²) in [5.74, 6) is 1.18. The van der Waals surface area contributed by atoms with Crippen molar-refractivity contribution in [1.29, 1.82) is 0 Å². The largest absolute Gasteiger partial charge is 0.494 e. The minimum absolute atomic E-state index is 0.0323. The van der Waals surface area contributed by atoms with E-state index in [1.807, 2.05) is 31.2 Å². The number of pyridine rings is 1. The van der Waals surface area contributed by atoms with Gasteiger partial charge in [0.1, 0.15) is 5.75 Å². The van der Waals surface area contributed by atoms with E-state index < -0.39 is 0 Å². The van der Waals surface area contributed by atoms with Crippen LogP contribution < -0.4 is 10.1 Å². The number of thioether (sulfide) groups is 1. The second-order valence-electron chi connectivity index (χ2n) is 3.98. The van der Waals surface area contributed by atoms with E-state index in [9.17, 15) is 4.79 Å². The first-order valence-corrected chi connectivity index (χ1v) is 7.32. The summed E-state index contributed by atoms with van der Waals surface area (Å²) in [5.41, 5.74) is 0.761. The van der Waals surface area contributed by atoms with Gasteiger partial charge in [-0.3, -0.25) is 9.78 Å². The molecule has 0 saturated heterocycles. The number of carbonyl (C=O) groups excluding carboxylic acids is 1. The van der Waals surface area contributed by atoms with Gasteiger partial charge in [0.25, 0.3) is 0 Å². The molecule has 5 heteroatoms. The Bertz CT molecular complexity index is 544. The number of nitrogens with one attached hydrogen (secondary N) is 1. The number of nitrogens with zero attached hydrogens (tertiary/aromatic N) is 1. The van der Waals surface area contributed by atoms with E-state index in [0.717, 1.165) is 16.3 Å². The van der Waals surface area contributed by atoms with Gasteiger partial charge < -0.3 is 10.1 Å². The van der Waals surface area contributed by atoms with Crippen LogP contribution in [0.15, 0.2) is 53.7 Å². The number of benzene rings is 1. The molecule has 0 radical (unpaired) electrons. The quantitative estimate of drug-likeness (QED) is 0.829. The van der Waals surface area contributed by atoms with Crippen LogP contribution in [0.5, 0.6) is 5.75 Å². The zero-order chi connectivity index (χ0) is 14.2. The normalized spacial score (nSPS) is 10.1. The molecule has 0 bridgehead atoms. The third-order valence-corrected chi connectivity index (χ3v) is 3.48. The van der Waals surface area contributed by atoms with Crippen molar-refractivity contribution in [2.45, 2.75) is 11.8 Å². The van der Waals surface area contributed by atoms with Gasteiger partial charge in [-0.25, -0.2) is 0 Å². The fraction of sp³-hybridized carbons (Fsp3) is 0.200. The molecule has 0 spiro atoms. The number of rotatable bonds is 6. The van der Waals surface area contributed by atoms with E-state index >= 15 is 0 Å². The second-order valence-corrected chi connectivity index (χ2v) is 5.03. The molecule has 0 aliphatic heterocycles. The molecule has 0 saturated carbocycles. The van der Waals surface area contributed by atoms with E-state index in [4.69, 9.17) is 4.74 Å². The van der Waals surface area contributed by atoms with E-state index in [1.165, 1.54) is 11.8 Å². The van der Waals surface area contributed by atoms with Crippen LogP contribution in [0, 0.1) is 0 Å². The number of hydrogen-bond donors (Lipinski definition) is 1. The monoisotopic (exact) mass is 288 g/mol. The fourth-order valence-electron chi connectivity index (χ4n) is 1.58. The van der Waals surface area contributed by atoms with Crippen molar-refractivity contribution in [3.63, 3.8) is 0 Å². The van der Waals surface area contributed by atoms with Gasteiger partial charge in [0.15, 0.2) is 0 Å². The van der Waals surface area contributed by atoms with Crippen molar-refractivity contribution in [2.24, 2.45) is 0 Å². The molecule has 1 N–H and O–H groups in total. The van der Waals surface area contributed by atoms with Crippen LogP contribution in [0.4, 0.5) is 5.69 Å². The van der Waals surface area contributed by atoms with Crippen molar-refractivity contribution < 1.29 is 9.53 Å². The molecule has 0 fully saturated rings. The Hall–Kier alpha value is -2.01. The number of carbonyl (C=O) groups is 1. The Morgan fingerprint density at radius 3 is 2.55 bits per heavy atom. The van der Waals surface area contributed by atoms with Gasteiger partial charge in [-0.1, -0.05) is 0 Å². The minimum Gasteiger partial charge on any atom is -0.494 e.